The Morgan fingerprint density at radius 1 is 1.00 bits per heavy atom. The third-order valence-electron chi connectivity index (χ3n) is 5.70. The minimum atomic E-state index is 0.0126. The van der Waals surface area contributed by atoms with Crippen LogP contribution in [0.3, 0.4) is 0 Å². The fourth-order valence-corrected chi connectivity index (χ4v) is 4.04. The number of unbranched alkanes of at least 4 members (excludes halogenated alkanes) is 8. The van der Waals surface area contributed by atoms with Gasteiger partial charge in [0.15, 0.2) is 0 Å². The highest BCUT2D eigenvalue weighted by atomic mass is 16.5. The largest absolute Gasteiger partial charge is 0.462 e. The highest BCUT2D eigenvalue weighted by molar-refractivity contribution is 5.69. The molecule has 0 radical (unpaired) electrons. The molecule has 0 aromatic rings. The Morgan fingerprint density at radius 3 is 2.20 bits per heavy atom. The van der Waals surface area contributed by atoms with Crippen LogP contribution in [0.15, 0.2) is 0 Å². The molecule has 0 heterocycles. The van der Waals surface area contributed by atoms with E-state index < -0.39 is 0 Å². The molecule has 1 aliphatic rings. The molecule has 1 aliphatic carbocycles. The third-order valence-corrected chi connectivity index (χ3v) is 5.70. The van der Waals surface area contributed by atoms with Crippen molar-refractivity contribution in [3.63, 3.8) is 0 Å². The van der Waals surface area contributed by atoms with Crippen LogP contribution in [0.4, 0.5) is 0 Å². The lowest BCUT2D eigenvalue weighted by atomic mass is 9.75. The second kappa shape index (κ2) is 13.4. The van der Waals surface area contributed by atoms with Crippen LogP contribution in [-0.2, 0) is 14.3 Å². The van der Waals surface area contributed by atoms with Crippen LogP contribution < -0.4 is 0 Å². The predicted molar refractivity (Wildman–Crippen MR) is 103 cm³/mol. The van der Waals surface area contributed by atoms with E-state index in [1.165, 1.54) is 44.9 Å². The van der Waals surface area contributed by atoms with E-state index in [1.54, 1.807) is 0 Å². The van der Waals surface area contributed by atoms with Crippen molar-refractivity contribution >= 4 is 12.3 Å². The molecule has 0 aromatic carbocycles. The summed E-state index contributed by atoms with van der Waals surface area (Å²) < 4.78 is 5.85. The Hall–Kier alpha value is -0.860. The fraction of sp³-hybridized carbons (Fsp3) is 0.909. The lowest BCUT2D eigenvalue weighted by molar-refractivity contribution is -0.156. The quantitative estimate of drug-likeness (QED) is 0.229. The van der Waals surface area contributed by atoms with Gasteiger partial charge in [0.2, 0.25) is 0 Å². The summed E-state index contributed by atoms with van der Waals surface area (Å²) >= 11 is 0. The molecule has 0 aliphatic heterocycles. The number of rotatable bonds is 13. The zero-order chi connectivity index (χ0) is 18.5. The van der Waals surface area contributed by atoms with Gasteiger partial charge in [-0.25, -0.2) is 0 Å². The van der Waals surface area contributed by atoms with Crippen molar-refractivity contribution in [2.24, 2.45) is 17.8 Å². The van der Waals surface area contributed by atoms with Gasteiger partial charge in [0.05, 0.1) is 0 Å². The SMILES string of the molecule is CC1CCC(C(C)C)C(OC(=O)CCCCCCCCCCC=O)C1. The molecule has 1 fully saturated rings. The normalized spacial score (nSPS) is 23.6. The third kappa shape index (κ3) is 10.0. The van der Waals surface area contributed by atoms with E-state index in [4.69, 9.17) is 4.74 Å². The Labute approximate surface area is 155 Å². The van der Waals surface area contributed by atoms with Gasteiger partial charge in [-0.05, 0) is 43.4 Å². The standard InChI is InChI=1S/C22H40O3/c1-18(2)20-15-14-19(3)17-21(20)25-22(24)13-11-9-7-5-4-6-8-10-12-16-23/h16,18-21H,4-15,17H2,1-3H3. The Bertz CT molecular complexity index is 364. The summed E-state index contributed by atoms with van der Waals surface area (Å²) in [5.41, 5.74) is 0. The van der Waals surface area contributed by atoms with Gasteiger partial charge >= 0.3 is 5.97 Å². The van der Waals surface area contributed by atoms with Gasteiger partial charge in [0.1, 0.15) is 12.4 Å². The summed E-state index contributed by atoms with van der Waals surface area (Å²) in [7, 11) is 0. The molecule has 1 saturated carbocycles. The second-order valence-electron chi connectivity index (χ2n) is 8.39. The number of hydrogen-bond donors (Lipinski definition) is 0. The lowest BCUT2D eigenvalue weighted by Crippen LogP contribution is -2.35. The molecule has 25 heavy (non-hydrogen) atoms. The monoisotopic (exact) mass is 352 g/mol. The van der Waals surface area contributed by atoms with Crippen LogP contribution in [0, 0.1) is 17.8 Å². The van der Waals surface area contributed by atoms with Crippen molar-refractivity contribution in [2.75, 3.05) is 0 Å². The van der Waals surface area contributed by atoms with Gasteiger partial charge in [-0.3, -0.25) is 4.79 Å². The highest BCUT2D eigenvalue weighted by Crippen LogP contribution is 2.35. The zero-order valence-corrected chi connectivity index (χ0v) is 16.8. The molecule has 0 spiro atoms. The summed E-state index contributed by atoms with van der Waals surface area (Å²) in [5.74, 6) is 1.83. The molecular weight excluding hydrogens is 312 g/mol. The van der Waals surface area contributed by atoms with E-state index in [0.29, 0.717) is 30.6 Å². The molecule has 0 saturated heterocycles. The molecule has 0 bridgehead atoms. The summed E-state index contributed by atoms with van der Waals surface area (Å²) in [6, 6.07) is 0. The first kappa shape index (κ1) is 22.2. The van der Waals surface area contributed by atoms with Gasteiger partial charge in [0.25, 0.3) is 0 Å². The summed E-state index contributed by atoms with van der Waals surface area (Å²) in [4.78, 5) is 22.4. The van der Waals surface area contributed by atoms with Gasteiger partial charge in [-0.2, -0.15) is 0 Å². The molecule has 3 unspecified atom stereocenters. The van der Waals surface area contributed by atoms with Crippen molar-refractivity contribution in [1.82, 2.24) is 0 Å². The minimum absolute atomic E-state index is 0.0126. The van der Waals surface area contributed by atoms with Crippen molar-refractivity contribution in [2.45, 2.75) is 110 Å². The molecule has 3 atom stereocenters. The second-order valence-corrected chi connectivity index (χ2v) is 8.39. The smallest absolute Gasteiger partial charge is 0.306 e. The van der Waals surface area contributed by atoms with Gasteiger partial charge < -0.3 is 9.53 Å². The van der Waals surface area contributed by atoms with Crippen molar-refractivity contribution in [3.8, 4) is 0 Å². The van der Waals surface area contributed by atoms with Crippen LogP contribution >= 0.6 is 0 Å². The summed E-state index contributed by atoms with van der Waals surface area (Å²) in [5, 5.41) is 0. The van der Waals surface area contributed by atoms with E-state index >= 15 is 0 Å². The van der Waals surface area contributed by atoms with Crippen LogP contribution in [0.5, 0.6) is 0 Å². The molecular formula is C22H40O3. The van der Waals surface area contributed by atoms with Gasteiger partial charge in [-0.1, -0.05) is 65.7 Å². The molecule has 0 amide bonds. The van der Waals surface area contributed by atoms with Gasteiger partial charge in [0, 0.05) is 12.8 Å². The van der Waals surface area contributed by atoms with E-state index in [9.17, 15) is 9.59 Å². The van der Waals surface area contributed by atoms with E-state index in [2.05, 4.69) is 20.8 Å². The lowest BCUT2D eigenvalue weighted by Gasteiger charge is -2.36. The van der Waals surface area contributed by atoms with Crippen LogP contribution in [0.2, 0.25) is 0 Å². The zero-order valence-electron chi connectivity index (χ0n) is 16.8. The first-order valence-corrected chi connectivity index (χ1v) is 10.7. The van der Waals surface area contributed by atoms with Gasteiger partial charge in [-0.15, -0.1) is 0 Å². The molecule has 0 N–H and O–H groups in total. The number of carbonyl (C=O) groups excluding carboxylic acids is 2. The summed E-state index contributed by atoms with van der Waals surface area (Å²) in [6.07, 6.45) is 15.2. The highest BCUT2D eigenvalue weighted by Gasteiger charge is 2.33. The van der Waals surface area contributed by atoms with E-state index in [1.807, 2.05) is 0 Å². The van der Waals surface area contributed by atoms with Crippen molar-refractivity contribution in [3.05, 3.63) is 0 Å². The summed E-state index contributed by atoms with van der Waals surface area (Å²) in [6.45, 7) is 6.78. The maximum atomic E-state index is 12.2. The average molecular weight is 353 g/mol. The average Bonchev–Trinajstić information content (AvgIpc) is 2.56. The number of aldehydes is 1. The fourth-order valence-electron chi connectivity index (χ4n) is 4.04. The van der Waals surface area contributed by atoms with Crippen LogP contribution in [-0.4, -0.2) is 18.4 Å². The van der Waals surface area contributed by atoms with E-state index in [-0.39, 0.29) is 12.1 Å². The first-order valence-electron chi connectivity index (χ1n) is 10.7. The first-order chi connectivity index (χ1) is 12.0. The minimum Gasteiger partial charge on any atom is -0.462 e. The topological polar surface area (TPSA) is 43.4 Å². The number of ether oxygens (including phenoxy) is 1. The molecule has 146 valence electrons. The van der Waals surface area contributed by atoms with Crippen molar-refractivity contribution < 1.29 is 14.3 Å². The molecule has 3 heteroatoms. The van der Waals surface area contributed by atoms with Crippen molar-refractivity contribution in [1.29, 1.82) is 0 Å². The van der Waals surface area contributed by atoms with Crippen LogP contribution in [0.25, 0.3) is 0 Å². The predicted octanol–water partition coefficient (Wildman–Crippen LogP) is 6.09. The number of hydrogen-bond acceptors (Lipinski definition) is 3. The maximum absolute atomic E-state index is 12.2. The van der Waals surface area contributed by atoms with E-state index in [0.717, 1.165) is 32.0 Å². The molecule has 3 nitrogen and oxygen atoms in total. The maximum Gasteiger partial charge on any atom is 0.306 e. The Kier molecular flexibility index (Phi) is 11.9. The Balaban J connectivity index is 2.07. The molecule has 0 aromatic heterocycles. The molecule has 1 rings (SSSR count). The number of carbonyl (C=O) groups is 2. The van der Waals surface area contributed by atoms with Crippen LogP contribution in [0.1, 0.15) is 104 Å². The Morgan fingerprint density at radius 2 is 1.60 bits per heavy atom. The number of esters is 1.